The van der Waals surface area contributed by atoms with Crippen molar-refractivity contribution in [2.75, 3.05) is 18.1 Å². The highest BCUT2D eigenvalue weighted by atomic mass is 16.6. The average molecular weight is 278 g/mol. The van der Waals surface area contributed by atoms with E-state index in [4.69, 9.17) is 0 Å². The Morgan fingerprint density at radius 1 is 1.35 bits per heavy atom. The molecule has 1 aliphatic carbocycles. The lowest BCUT2D eigenvalue weighted by Gasteiger charge is -2.36. The van der Waals surface area contributed by atoms with Gasteiger partial charge in [-0.2, -0.15) is 0 Å². The Hall–Kier alpha value is -1.62. The normalized spacial score (nSPS) is 16.1. The first-order valence-corrected chi connectivity index (χ1v) is 7.26. The van der Waals surface area contributed by atoms with E-state index in [0.29, 0.717) is 12.6 Å². The highest BCUT2D eigenvalue weighted by Gasteiger charge is 2.23. The van der Waals surface area contributed by atoms with E-state index >= 15 is 0 Å². The summed E-state index contributed by atoms with van der Waals surface area (Å²) < 4.78 is 0. The number of nitrogens with zero attached hydrogens (tertiary/aromatic N) is 2. The lowest BCUT2D eigenvalue weighted by molar-refractivity contribution is -0.384. The monoisotopic (exact) mass is 278 g/mol. The maximum atomic E-state index is 10.8. The summed E-state index contributed by atoms with van der Waals surface area (Å²) in [5.41, 5.74) is 2.04. The number of aryl methyl sites for hydroxylation is 1. The summed E-state index contributed by atoms with van der Waals surface area (Å²) in [6.45, 7) is 2.59. The SMILES string of the molecule is Cc1cc([N+](=O)[O-])ccc1N(CCO)C1CCCCC1. The van der Waals surface area contributed by atoms with E-state index in [-0.39, 0.29) is 17.2 Å². The zero-order chi connectivity index (χ0) is 14.5. The summed E-state index contributed by atoms with van der Waals surface area (Å²) in [5, 5.41) is 20.1. The van der Waals surface area contributed by atoms with Crippen molar-refractivity contribution in [3.8, 4) is 0 Å². The summed E-state index contributed by atoms with van der Waals surface area (Å²) in [6, 6.07) is 5.42. The minimum absolute atomic E-state index is 0.104. The number of anilines is 1. The second kappa shape index (κ2) is 6.70. The summed E-state index contributed by atoms with van der Waals surface area (Å²) >= 11 is 0. The fourth-order valence-electron chi connectivity index (χ4n) is 3.08. The molecular weight excluding hydrogens is 256 g/mol. The van der Waals surface area contributed by atoms with Crippen LogP contribution in [0.3, 0.4) is 0 Å². The number of benzene rings is 1. The van der Waals surface area contributed by atoms with Crippen molar-refractivity contribution in [1.29, 1.82) is 0 Å². The van der Waals surface area contributed by atoms with E-state index < -0.39 is 0 Å². The van der Waals surface area contributed by atoms with Gasteiger partial charge in [0.1, 0.15) is 0 Å². The smallest absolute Gasteiger partial charge is 0.269 e. The minimum atomic E-state index is -0.367. The maximum absolute atomic E-state index is 10.8. The molecule has 0 spiro atoms. The summed E-state index contributed by atoms with van der Waals surface area (Å²) in [6.07, 6.45) is 5.99. The van der Waals surface area contributed by atoms with E-state index in [1.807, 2.05) is 13.0 Å². The molecule has 1 N–H and O–H groups in total. The fraction of sp³-hybridized carbons (Fsp3) is 0.600. The van der Waals surface area contributed by atoms with Crippen LogP contribution in [0.1, 0.15) is 37.7 Å². The number of aliphatic hydroxyl groups excluding tert-OH is 1. The second-order valence-corrected chi connectivity index (χ2v) is 5.44. The quantitative estimate of drug-likeness (QED) is 0.664. The zero-order valence-electron chi connectivity index (χ0n) is 11.9. The predicted molar refractivity (Wildman–Crippen MR) is 79.1 cm³/mol. The molecule has 0 saturated heterocycles. The average Bonchev–Trinajstić information content (AvgIpc) is 2.46. The van der Waals surface area contributed by atoms with Gasteiger partial charge in [0.25, 0.3) is 5.69 Å². The van der Waals surface area contributed by atoms with Crippen molar-refractivity contribution < 1.29 is 10.0 Å². The minimum Gasteiger partial charge on any atom is -0.395 e. The van der Waals surface area contributed by atoms with Crippen molar-refractivity contribution in [2.24, 2.45) is 0 Å². The number of nitro benzene ring substituents is 1. The fourth-order valence-corrected chi connectivity index (χ4v) is 3.08. The molecule has 0 radical (unpaired) electrons. The van der Waals surface area contributed by atoms with E-state index in [1.54, 1.807) is 12.1 Å². The van der Waals surface area contributed by atoms with Crippen LogP contribution in [0.4, 0.5) is 11.4 Å². The third kappa shape index (κ3) is 3.28. The molecule has 1 aromatic rings. The molecule has 1 aliphatic rings. The lowest BCUT2D eigenvalue weighted by atomic mass is 9.93. The van der Waals surface area contributed by atoms with Crippen LogP contribution in [0.15, 0.2) is 18.2 Å². The first-order valence-electron chi connectivity index (χ1n) is 7.26. The van der Waals surface area contributed by atoms with Crippen molar-refractivity contribution in [3.63, 3.8) is 0 Å². The van der Waals surface area contributed by atoms with Gasteiger partial charge in [-0.3, -0.25) is 10.1 Å². The van der Waals surface area contributed by atoms with Crippen LogP contribution in [0, 0.1) is 17.0 Å². The Morgan fingerprint density at radius 3 is 2.60 bits per heavy atom. The molecule has 0 aliphatic heterocycles. The summed E-state index contributed by atoms with van der Waals surface area (Å²) in [4.78, 5) is 12.7. The Morgan fingerprint density at radius 2 is 2.05 bits per heavy atom. The third-order valence-electron chi connectivity index (χ3n) is 4.06. The first-order chi connectivity index (χ1) is 9.63. The van der Waals surface area contributed by atoms with E-state index in [9.17, 15) is 15.2 Å². The first kappa shape index (κ1) is 14.8. The number of non-ortho nitro benzene ring substituents is 1. The zero-order valence-corrected chi connectivity index (χ0v) is 11.9. The molecule has 1 fully saturated rings. The molecule has 5 heteroatoms. The van der Waals surface area contributed by atoms with Crippen molar-refractivity contribution in [1.82, 2.24) is 0 Å². The molecule has 5 nitrogen and oxygen atoms in total. The predicted octanol–water partition coefficient (Wildman–Crippen LogP) is 3.03. The third-order valence-corrected chi connectivity index (χ3v) is 4.06. The number of aliphatic hydroxyl groups is 1. The molecule has 20 heavy (non-hydrogen) atoms. The Labute approximate surface area is 119 Å². The maximum Gasteiger partial charge on any atom is 0.269 e. The van der Waals surface area contributed by atoms with Gasteiger partial charge in [-0.05, 0) is 31.4 Å². The molecule has 0 heterocycles. The van der Waals surface area contributed by atoms with Crippen LogP contribution >= 0.6 is 0 Å². The van der Waals surface area contributed by atoms with Crippen LogP contribution in [-0.2, 0) is 0 Å². The van der Waals surface area contributed by atoms with Crippen LogP contribution in [0.5, 0.6) is 0 Å². The molecule has 110 valence electrons. The Bertz CT molecular complexity index is 470. The number of hydrogen-bond acceptors (Lipinski definition) is 4. The van der Waals surface area contributed by atoms with Gasteiger partial charge in [-0.15, -0.1) is 0 Å². The molecule has 1 aromatic carbocycles. The van der Waals surface area contributed by atoms with Crippen LogP contribution < -0.4 is 4.90 Å². The standard InChI is InChI=1S/C15H22N2O3/c1-12-11-14(17(19)20)7-8-15(12)16(9-10-18)13-5-3-2-4-6-13/h7-8,11,13,18H,2-6,9-10H2,1H3. The van der Waals surface area contributed by atoms with Gasteiger partial charge >= 0.3 is 0 Å². The van der Waals surface area contributed by atoms with E-state index in [1.165, 1.54) is 19.3 Å². The molecule has 2 rings (SSSR count). The highest BCUT2D eigenvalue weighted by molar-refractivity contribution is 5.58. The summed E-state index contributed by atoms with van der Waals surface area (Å²) in [5.74, 6) is 0. The van der Waals surface area contributed by atoms with Crippen molar-refractivity contribution in [2.45, 2.75) is 45.1 Å². The summed E-state index contributed by atoms with van der Waals surface area (Å²) in [7, 11) is 0. The molecule has 0 amide bonds. The molecule has 0 unspecified atom stereocenters. The van der Waals surface area contributed by atoms with Gasteiger partial charge in [-0.1, -0.05) is 19.3 Å². The second-order valence-electron chi connectivity index (χ2n) is 5.44. The van der Waals surface area contributed by atoms with Gasteiger partial charge < -0.3 is 10.0 Å². The number of rotatable bonds is 5. The van der Waals surface area contributed by atoms with Gasteiger partial charge in [0.05, 0.1) is 11.5 Å². The molecular formula is C15H22N2O3. The topological polar surface area (TPSA) is 66.6 Å². The Balaban J connectivity index is 2.26. The van der Waals surface area contributed by atoms with E-state index in [0.717, 1.165) is 24.1 Å². The van der Waals surface area contributed by atoms with Crippen LogP contribution in [-0.4, -0.2) is 29.2 Å². The largest absolute Gasteiger partial charge is 0.395 e. The number of nitro groups is 1. The van der Waals surface area contributed by atoms with Crippen molar-refractivity contribution in [3.05, 3.63) is 33.9 Å². The highest BCUT2D eigenvalue weighted by Crippen LogP contribution is 2.31. The lowest BCUT2D eigenvalue weighted by Crippen LogP contribution is -2.39. The van der Waals surface area contributed by atoms with Crippen LogP contribution in [0.25, 0.3) is 0 Å². The van der Waals surface area contributed by atoms with Gasteiger partial charge in [0.2, 0.25) is 0 Å². The molecule has 0 aromatic heterocycles. The van der Waals surface area contributed by atoms with Crippen LogP contribution in [0.2, 0.25) is 0 Å². The molecule has 0 atom stereocenters. The Kier molecular flexibility index (Phi) is 4.95. The van der Waals surface area contributed by atoms with Gasteiger partial charge in [0.15, 0.2) is 0 Å². The molecule has 0 bridgehead atoms. The molecule has 1 saturated carbocycles. The van der Waals surface area contributed by atoms with Crippen molar-refractivity contribution >= 4 is 11.4 Å². The van der Waals surface area contributed by atoms with E-state index in [2.05, 4.69) is 4.90 Å². The van der Waals surface area contributed by atoms with Gasteiger partial charge in [-0.25, -0.2) is 0 Å². The van der Waals surface area contributed by atoms with Gasteiger partial charge in [0, 0.05) is 30.4 Å². The number of hydrogen-bond donors (Lipinski definition) is 1.